The van der Waals surface area contributed by atoms with E-state index in [2.05, 4.69) is 20.4 Å². The molecule has 0 atom stereocenters. The maximum absolute atomic E-state index is 12.5. The van der Waals surface area contributed by atoms with Crippen LogP contribution in [0.1, 0.15) is 0 Å². The van der Waals surface area contributed by atoms with Gasteiger partial charge in [-0.3, -0.25) is 0 Å². The lowest BCUT2D eigenvalue weighted by Gasteiger charge is -2.18. The number of hydrogen-bond donors (Lipinski definition) is 0. The number of carbonyl (C=O) groups is 1. The molecule has 0 bridgehead atoms. The molecule has 0 spiro atoms. The predicted molar refractivity (Wildman–Crippen MR) is 78.7 cm³/mol. The highest BCUT2D eigenvalue weighted by atomic mass is 16.6. The number of nitrogens with zero attached hydrogens (tertiary/aromatic N) is 5. The van der Waals surface area contributed by atoms with Crippen molar-refractivity contribution >= 4 is 17.7 Å². The average molecular weight is 293 g/mol. The zero-order valence-electron chi connectivity index (χ0n) is 11.4. The molecule has 0 aliphatic carbocycles. The summed E-state index contributed by atoms with van der Waals surface area (Å²) in [4.78, 5) is 13.7. The molecular formula is C15H11N5O2. The number of aromatic nitrogens is 4. The number of amides is 1. The summed E-state index contributed by atoms with van der Waals surface area (Å²) in [5, 5.41) is 15.4. The minimum Gasteiger partial charge on any atom is -0.410 e. The second-order valence-electron chi connectivity index (χ2n) is 4.18. The number of para-hydroxylation sites is 1. The molecular weight excluding hydrogens is 282 g/mol. The number of rotatable bonds is 3. The first-order valence-electron chi connectivity index (χ1n) is 6.47. The first-order valence-corrected chi connectivity index (χ1v) is 6.47. The third-order valence-corrected chi connectivity index (χ3v) is 2.71. The highest BCUT2D eigenvalue weighted by Gasteiger charge is 2.23. The van der Waals surface area contributed by atoms with E-state index in [4.69, 9.17) is 4.74 Å². The molecule has 0 aliphatic heterocycles. The van der Waals surface area contributed by atoms with Gasteiger partial charge in [-0.1, -0.05) is 18.2 Å². The van der Waals surface area contributed by atoms with Gasteiger partial charge in [0.1, 0.15) is 5.75 Å². The van der Waals surface area contributed by atoms with Crippen molar-refractivity contribution in [3.05, 3.63) is 67.0 Å². The van der Waals surface area contributed by atoms with Crippen LogP contribution in [-0.4, -0.2) is 26.5 Å². The third kappa shape index (κ3) is 3.04. The minimum atomic E-state index is -0.646. The predicted octanol–water partition coefficient (Wildman–Crippen LogP) is 2.60. The number of carbonyl (C=O) groups excluding carboxylic acids is 1. The molecule has 22 heavy (non-hydrogen) atoms. The molecule has 0 saturated carbocycles. The van der Waals surface area contributed by atoms with E-state index in [1.165, 1.54) is 17.3 Å². The smallest absolute Gasteiger partial charge is 0.410 e. The summed E-state index contributed by atoms with van der Waals surface area (Å²) < 4.78 is 5.34. The number of anilines is 2. The fourth-order valence-corrected chi connectivity index (χ4v) is 1.76. The number of hydrogen-bond acceptors (Lipinski definition) is 6. The van der Waals surface area contributed by atoms with Gasteiger partial charge in [-0.25, -0.2) is 9.69 Å². The Kier molecular flexibility index (Phi) is 3.96. The van der Waals surface area contributed by atoms with Crippen molar-refractivity contribution in [1.82, 2.24) is 20.4 Å². The van der Waals surface area contributed by atoms with Crippen molar-refractivity contribution < 1.29 is 9.53 Å². The lowest BCUT2D eigenvalue weighted by molar-refractivity contribution is 0.210. The molecule has 2 heterocycles. The van der Waals surface area contributed by atoms with E-state index in [9.17, 15) is 4.79 Å². The number of benzene rings is 1. The molecule has 0 radical (unpaired) electrons. The summed E-state index contributed by atoms with van der Waals surface area (Å²) in [6.45, 7) is 0. The van der Waals surface area contributed by atoms with Crippen LogP contribution in [0.4, 0.5) is 16.4 Å². The summed E-state index contributed by atoms with van der Waals surface area (Å²) in [5.74, 6) is 1.01. The van der Waals surface area contributed by atoms with Gasteiger partial charge in [-0.05, 0) is 36.4 Å². The van der Waals surface area contributed by atoms with E-state index in [0.717, 1.165) is 0 Å². The van der Waals surface area contributed by atoms with Crippen LogP contribution in [0.25, 0.3) is 0 Å². The Bertz CT molecular complexity index is 698. The standard InChI is InChI=1S/C15H11N5O2/c21-15(22-12-6-2-1-3-7-12)20(13-8-4-10-16-18-13)14-9-5-11-17-19-14/h1-11H. The first kappa shape index (κ1) is 13.6. The van der Waals surface area contributed by atoms with Gasteiger partial charge in [0.15, 0.2) is 11.6 Å². The van der Waals surface area contributed by atoms with Gasteiger partial charge in [0, 0.05) is 12.4 Å². The van der Waals surface area contributed by atoms with Gasteiger partial charge >= 0.3 is 6.09 Å². The Morgan fingerprint density at radius 3 is 1.91 bits per heavy atom. The highest BCUT2D eigenvalue weighted by Crippen LogP contribution is 2.22. The maximum atomic E-state index is 12.5. The van der Waals surface area contributed by atoms with Crippen LogP contribution in [0.15, 0.2) is 67.0 Å². The third-order valence-electron chi connectivity index (χ3n) is 2.71. The summed E-state index contributed by atoms with van der Waals surface area (Å²) in [6, 6.07) is 15.4. The van der Waals surface area contributed by atoms with Crippen LogP contribution in [0.2, 0.25) is 0 Å². The topological polar surface area (TPSA) is 81.1 Å². The SMILES string of the molecule is O=C(Oc1ccccc1)N(c1cccnn1)c1cccnn1. The van der Waals surface area contributed by atoms with Crippen molar-refractivity contribution in [3.63, 3.8) is 0 Å². The molecule has 7 nitrogen and oxygen atoms in total. The van der Waals surface area contributed by atoms with E-state index >= 15 is 0 Å². The monoisotopic (exact) mass is 293 g/mol. The van der Waals surface area contributed by atoms with Crippen molar-refractivity contribution in [2.24, 2.45) is 0 Å². The summed E-state index contributed by atoms with van der Waals surface area (Å²) in [7, 11) is 0. The fourth-order valence-electron chi connectivity index (χ4n) is 1.76. The molecule has 0 saturated heterocycles. The first-order chi connectivity index (χ1) is 10.8. The Morgan fingerprint density at radius 2 is 1.41 bits per heavy atom. The quantitative estimate of drug-likeness (QED) is 0.738. The molecule has 3 rings (SSSR count). The van der Waals surface area contributed by atoms with Gasteiger partial charge in [0.2, 0.25) is 0 Å². The number of ether oxygens (including phenoxy) is 1. The minimum absolute atomic E-state index is 0.295. The van der Waals surface area contributed by atoms with Crippen LogP contribution in [0.3, 0.4) is 0 Å². The van der Waals surface area contributed by atoms with Gasteiger partial charge in [-0.15, -0.1) is 10.2 Å². The molecule has 2 aromatic heterocycles. The Morgan fingerprint density at radius 1 is 0.818 bits per heavy atom. The van der Waals surface area contributed by atoms with Gasteiger partial charge in [0.25, 0.3) is 0 Å². The summed E-state index contributed by atoms with van der Waals surface area (Å²) in [5.41, 5.74) is 0. The average Bonchev–Trinajstić information content (AvgIpc) is 2.58. The lowest BCUT2D eigenvalue weighted by Crippen LogP contribution is -2.30. The van der Waals surface area contributed by atoms with Crippen LogP contribution >= 0.6 is 0 Å². The zero-order valence-corrected chi connectivity index (χ0v) is 11.4. The molecule has 1 aromatic carbocycles. The normalized spacial score (nSPS) is 10.0. The van der Waals surface area contributed by atoms with Crippen molar-refractivity contribution in [1.29, 1.82) is 0 Å². The van der Waals surface area contributed by atoms with E-state index in [1.54, 1.807) is 48.5 Å². The summed E-state index contributed by atoms with van der Waals surface area (Å²) in [6.07, 6.45) is 2.38. The molecule has 0 N–H and O–H groups in total. The van der Waals surface area contributed by atoms with Crippen molar-refractivity contribution in [2.75, 3.05) is 4.90 Å². The van der Waals surface area contributed by atoms with Crippen molar-refractivity contribution in [2.45, 2.75) is 0 Å². The summed E-state index contributed by atoms with van der Waals surface area (Å²) >= 11 is 0. The van der Waals surface area contributed by atoms with E-state index in [-0.39, 0.29) is 0 Å². The molecule has 108 valence electrons. The molecule has 0 unspecified atom stereocenters. The zero-order chi connectivity index (χ0) is 15.2. The second-order valence-corrected chi connectivity index (χ2v) is 4.18. The molecule has 0 fully saturated rings. The highest BCUT2D eigenvalue weighted by molar-refractivity contribution is 5.94. The van der Waals surface area contributed by atoms with Crippen LogP contribution < -0.4 is 9.64 Å². The Balaban J connectivity index is 1.94. The molecule has 3 aromatic rings. The van der Waals surface area contributed by atoms with Crippen LogP contribution in [-0.2, 0) is 0 Å². The van der Waals surface area contributed by atoms with Gasteiger partial charge < -0.3 is 4.74 Å². The van der Waals surface area contributed by atoms with Gasteiger partial charge in [-0.2, -0.15) is 10.2 Å². The van der Waals surface area contributed by atoms with Gasteiger partial charge in [0.05, 0.1) is 0 Å². The fraction of sp³-hybridized carbons (Fsp3) is 0. The Hall–Kier alpha value is -3.35. The lowest BCUT2D eigenvalue weighted by atomic mass is 10.3. The Labute approximate surface area is 126 Å². The van der Waals surface area contributed by atoms with Crippen LogP contribution in [0, 0.1) is 0 Å². The van der Waals surface area contributed by atoms with E-state index < -0.39 is 6.09 Å². The van der Waals surface area contributed by atoms with E-state index in [1.807, 2.05) is 6.07 Å². The molecule has 1 amide bonds. The molecule has 0 aliphatic rings. The second kappa shape index (κ2) is 6.40. The maximum Gasteiger partial charge on any atom is 0.426 e. The van der Waals surface area contributed by atoms with Crippen molar-refractivity contribution in [3.8, 4) is 5.75 Å². The van der Waals surface area contributed by atoms with Crippen LogP contribution in [0.5, 0.6) is 5.75 Å². The molecule has 7 heteroatoms. The van der Waals surface area contributed by atoms with E-state index in [0.29, 0.717) is 17.4 Å². The largest absolute Gasteiger partial charge is 0.426 e.